The molecule has 0 spiro atoms. The first-order chi connectivity index (χ1) is 14.9. The standard InChI is InChI=1S/C26H37O4P/c1-6-8-10-14-29-21-16-23(25(27)22-13-12-18(3)19(4)20(22)5)26(31-28)24(17-21)30-15-11-9-7-2/h12-13,16-17H,6-11,14-15,31H2,1-5H3. The van der Waals surface area contributed by atoms with Crippen molar-refractivity contribution in [3.05, 3.63) is 52.1 Å². The maximum Gasteiger partial charge on any atom is 0.194 e. The largest absolute Gasteiger partial charge is 0.493 e. The SMILES string of the molecule is CCCCCOc1cc(OCCCCC)c([PH2]=O)c(C(=O)c2ccc(C)c(C)c2C)c1. The van der Waals surface area contributed by atoms with Crippen LogP contribution in [-0.2, 0) is 4.57 Å². The molecule has 0 bridgehead atoms. The maximum atomic E-state index is 13.5. The van der Waals surface area contributed by atoms with Crippen LogP contribution in [0.1, 0.15) is 85.0 Å². The van der Waals surface area contributed by atoms with Gasteiger partial charge in [0, 0.05) is 17.2 Å². The summed E-state index contributed by atoms with van der Waals surface area (Å²) in [7, 11) is -1.33. The normalized spacial score (nSPS) is 11.3. The molecule has 0 N–H and O–H groups in total. The van der Waals surface area contributed by atoms with Crippen molar-refractivity contribution in [1.82, 2.24) is 0 Å². The average molecular weight is 445 g/mol. The van der Waals surface area contributed by atoms with Crippen molar-refractivity contribution in [2.45, 2.75) is 73.1 Å². The highest BCUT2D eigenvalue weighted by atomic mass is 31.1. The quantitative estimate of drug-likeness (QED) is 0.205. The zero-order valence-electron chi connectivity index (χ0n) is 19.7. The van der Waals surface area contributed by atoms with Crippen LogP contribution in [-0.4, -0.2) is 19.0 Å². The Bertz CT molecular complexity index is 905. The third-order valence-electron chi connectivity index (χ3n) is 5.80. The van der Waals surface area contributed by atoms with Crippen LogP contribution in [0.5, 0.6) is 11.5 Å². The Balaban J connectivity index is 2.45. The Kier molecular flexibility index (Phi) is 10.3. The maximum absolute atomic E-state index is 13.5. The van der Waals surface area contributed by atoms with Crippen molar-refractivity contribution in [2.75, 3.05) is 13.2 Å². The van der Waals surface area contributed by atoms with Crippen molar-refractivity contribution in [3.8, 4) is 11.5 Å². The van der Waals surface area contributed by atoms with Crippen LogP contribution in [0.25, 0.3) is 0 Å². The Hall–Kier alpha value is -2.06. The Morgan fingerprint density at radius 2 is 1.48 bits per heavy atom. The molecule has 0 aromatic heterocycles. The van der Waals surface area contributed by atoms with Crippen LogP contribution in [0.3, 0.4) is 0 Å². The molecule has 0 aliphatic heterocycles. The summed E-state index contributed by atoms with van der Waals surface area (Å²) < 4.78 is 24.2. The molecule has 1 unspecified atom stereocenters. The first-order valence-corrected chi connectivity index (χ1v) is 12.5. The van der Waals surface area contributed by atoms with Gasteiger partial charge < -0.3 is 14.0 Å². The van der Waals surface area contributed by atoms with Crippen molar-refractivity contribution < 1.29 is 18.8 Å². The highest BCUT2D eigenvalue weighted by Crippen LogP contribution is 2.28. The molecule has 0 saturated heterocycles. The van der Waals surface area contributed by atoms with Crippen LogP contribution in [0.4, 0.5) is 0 Å². The highest BCUT2D eigenvalue weighted by Gasteiger charge is 2.21. The van der Waals surface area contributed by atoms with Gasteiger partial charge in [-0.05, 0) is 56.4 Å². The molecule has 5 heteroatoms. The minimum atomic E-state index is -1.33. The third kappa shape index (κ3) is 6.71. The van der Waals surface area contributed by atoms with Gasteiger partial charge in [0.2, 0.25) is 0 Å². The van der Waals surface area contributed by atoms with Gasteiger partial charge in [0.15, 0.2) is 5.78 Å². The second-order valence-corrected chi connectivity index (χ2v) is 8.93. The van der Waals surface area contributed by atoms with Gasteiger partial charge in [0.25, 0.3) is 0 Å². The van der Waals surface area contributed by atoms with E-state index in [2.05, 4.69) is 13.8 Å². The van der Waals surface area contributed by atoms with Gasteiger partial charge in [0.1, 0.15) is 11.5 Å². The number of benzene rings is 2. The fourth-order valence-electron chi connectivity index (χ4n) is 3.54. The van der Waals surface area contributed by atoms with Gasteiger partial charge >= 0.3 is 0 Å². The van der Waals surface area contributed by atoms with E-state index < -0.39 is 8.46 Å². The number of carbonyl (C=O) groups is 1. The summed E-state index contributed by atoms with van der Waals surface area (Å²) in [6.07, 6.45) is 6.25. The van der Waals surface area contributed by atoms with Gasteiger partial charge in [0.05, 0.1) is 27.0 Å². The molecule has 0 aliphatic carbocycles. The zero-order chi connectivity index (χ0) is 22.8. The monoisotopic (exact) mass is 444 g/mol. The molecule has 0 heterocycles. The summed E-state index contributed by atoms with van der Waals surface area (Å²) in [6, 6.07) is 7.36. The molecule has 4 nitrogen and oxygen atoms in total. The van der Waals surface area contributed by atoms with E-state index in [1.165, 1.54) is 0 Å². The van der Waals surface area contributed by atoms with E-state index in [-0.39, 0.29) is 5.78 Å². The lowest BCUT2D eigenvalue weighted by molar-refractivity contribution is 0.103. The molecule has 2 rings (SSSR count). The summed E-state index contributed by atoms with van der Waals surface area (Å²) in [6.45, 7) is 11.4. The van der Waals surface area contributed by atoms with Gasteiger partial charge in [-0.25, -0.2) is 0 Å². The van der Waals surface area contributed by atoms with Gasteiger partial charge in [-0.1, -0.05) is 51.7 Å². The molecule has 31 heavy (non-hydrogen) atoms. The minimum Gasteiger partial charge on any atom is -0.493 e. The Labute approximate surface area is 188 Å². The fourth-order valence-corrected chi connectivity index (χ4v) is 4.16. The van der Waals surface area contributed by atoms with Gasteiger partial charge in [-0.2, -0.15) is 0 Å². The first kappa shape index (κ1) is 25.2. The Morgan fingerprint density at radius 1 is 0.839 bits per heavy atom. The molecule has 0 saturated carbocycles. The van der Waals surface area contributed by atoms with Crippen molar-refractivity contribution in [2.24, 2.45) is 0 Å². The molecule has 1 atom stereocenters. The molecule has 0 amide bonds. The predicted octanol–water partition coefficient (Wildman–Crippen LogP) is 6.36. The molecule has 2 aromatic carbocycles. The number of hydrogen-bond acceptors (Lipinski definition) is 4. The smallest absolute Gasteiger partial charge is 0.194 e. The van der Waals surface area contributed by atoms with E-state index in [1.54, 1.807) is 12.1 Å². The van der Waals surface area contributed by atoms with Gasteiger partial charge in [-0.3, -0.25) is 4.79 Å². The summed E-state index contributed by atoms with van der Waals surface area (Å²) in [5.74, 6) is 0.985. The van der Waals surface area contributed by atoms with E-state index in [0.29, 0.717) is 41.1 Å². The van der Waals surface area contributed by atoms with Crippen LogP contribution in [0.15, 0.2) is 24.3 Å². The number of ketones is 1. The molecule has 0 fully saturated rings. The van der Waals surface area contributed by atoms with E-state index in [9.17, 15) is 9.36 Å². The number of unbranched alkanes of at least 4 members (excludes halogenated alkanes) is 4. The van der Waals surface area contributed by atoms with Crippen molar-refractivity contribution >= 4 is 19.5 Å². The number of rotatable bonds is 13. The third-order valence-corrected chi connectivity index (χ3v) is 6.63. The summed E-state index contributed by atoms with van der Waals surface area (Å²) >= 11 is 0. The Morgan fingerprint density at radius 3 is 2.10 bits per heavy atom. The first-order valence-electron chi connectivity index (χ1n) is 11.4. The lowest BCUT2D eigenvalue weighted by atomic mass is 9.93. The van der Waals surface area contributed by atoms with Crippen molar-refractivity contribution in [3.63, 3.8) is 0 Å². The number of ether oxygens (including phenoxy) is 2. The van der Waals surface area contributed by atoms with Crippen LogP contribution < -0.4 is 14.8 Å². The summed E-state index contributed by atoms with van der Waals surface area (Å²) in [5.41, 5.74) is 4.27. The van der Waals surface area contributed by atoms with E-state index in [4.69, 9.17) is 9.47 Å². The van der Waals surface area contributed by atoms with E-state index >= 15 is 0 Å². The van der Waals surface area contributed by atoms with Crippen LogP contribution in [0.2, 0.25) is 0 Å². The molecule has 0 radical (unpaired) electrons. The van der Waals surface area contributed by atoms with E-state index in [0.717, 1.165) is 55.2 Å². The van der Waals surface area contributed by atoms with E-state index in [1.807, 2.05) is 32.9 Å². The van der Waals surface area contributed by atoms with Crippen molar-refractivity contribution in [1.29, 1.82) is 0 Å². The van der Waals surface area contributed by atoms with Crippen LogP contribution in [0, 0.1) is 20.8 Å². The fraction of sp³-hybridized carbons (Fsp3) is 0.500. The summed E-state index contributed by atoms with van der Waals surface area (Å²) in [4.78, 5) is 13.5. The lowest BCUT2D eigenvalue weighted by Gasteiger charge is -2.17. The topological polar surface area (TPSA) is 52.6 Å². The lowest BCUT2D eigenvalue weighted by Crippen LogP contribution is -2.17. The molecular formula is C26H37O4P. The number of carbonyl (C=O) groups excluding carboxylic acids is 1. The minimum absolute atomic E-state index is 0.128. The molecular weight excluding hydrogens is 407 g/mol. The van der Waals surface area contributed by atoms with Crippen LogP contribution >= 0.6 is 8.46 Å². The highest BCUT2D eigenvalue weighted by molar-refractivity contribution is 7.34. The molecule has 170 valence electrons. The second-order valence-electron chi connectivity index (χ2n) is 8.12. The number of aryl methyl sites for hydroxylation is 1. The molecule has 0 aliphatic rings. The zero-order valence-corrected chi connectivity index (χ0v) is 20.8. The average Bonchev–Trinajstić information content (AvgIpc) is 2.77. The summed E-state index contributed by atoms with van der Waals surface area (Å²) in [5, 5.41) is 0.500. The van der Waals surface area contributed by atoms with Gasteiger partial charge in [-0.15, -0.1) is 0 Å². The molecule has 2 aromatic rings. The predicted molar refractivity (Wildman–Crippen MR) is 131 cm³/mol. The number of hydrogen-bond donors (Lipinski definition) is 0. The second kappa shape index (κ2) is 12.7.